The fourth-order valence-corrected chi connectivity index (χ4v) is 3.32. The Bertz CT molecular complexity index is 775. The van der Waals surface area contributed by atoms with Crippen molar-refractivity contribution < 1.29 is 32.1 Å². The SMILES string of the molecule is [N-]=[N+]=C(C(=O)N1COC(=O)C1COP)S(=O)(=O)c1ccccc1. The van der Waals surface area contributed by atoms with Gasteiger partial charge in [0.1, 0.15) is 0 Å². The van der Waals surface area contributed by atoms with Crippen molar-refractivity contribution in [3.63, 3.8) is 0 Å². The number of nitrogens with zero attached hydrogens (tertiary/aromatic N) is 3. The van der Waals surface area contributed by atoms with Gasteiger partial charge in [0.15, 0.2) is 12.8 Å². The quantitative estimate of drug-likeness (QED) is 0.181. The number of cyclic esters (lactones) is 1. The summed E-state index contributed by atoms with van der Waals surface area (Å²) in [6.45, 7) is -0.668. The average Bonchev–Trinajstić information content (AvgIpc) is 2.90. The van der Waals surface area contributed by atoms with E-state index in [-0.39, 0.29) is 11.5 Å². The molecule has 122 valence electrons. The lowest BCUT2D eigenvalue weighted by Gasteiger charge is -2.16. The Morgan fingerprint density at radius 3 is 2.65 bits per heavy atom. The van der Waals surface area contributed by atoms with Gasteiger partial charge in [0.05, 0.1) is 11.5 Å². The summed E-state index contributed by atoms with van der Waals surface area (Å²) in [5.41, 5.74) is 9.04. The minimum Gasteiger partial charge on any atom is -0.443 e. The van der Waals surface area contributed by atoms with E-state index in [4.69, 9.17) is 14.8 Å². The number of benzene rings is 1. The minimum atomic E-state index is -4.35. The van der Waals surface area contributed by atoms with Gasteiger partial charge in [-0.1, -0.05) is 18.2 Å². The molecule has 0 aromatic heterocycles. The minimum absolute atomic E-state index is 0.209. The van der Waals surface area contributed by atoms with Crippen molar-refractivity contribution >= 4 is 36.2 Å². The number of amides is 1. The summed E-state index contributed by atoms with van der Waals surface area (Å²) in [6, 6.07) is 5.89. The smallest absolute Gasteiger partial charge is 0.443 e. The van der Waals surface area contributed by atoms with Crippen LogP contribution in [0.4, 0.5) is 0 Å². The highest BCUT2D eigenvalue weighted by Gasteiger charge is 2.47. The molecule has 0 bridgehead atoms. The number of ether oxygens (including phenoxy) is 1. The summed E-state index contributed by atoms with van der Waals surface area (Å²) in [7, 11) is -2.44. The fraction of sp³-hybridized carbons (Fsp3) is 0.250. The topological polar surface area (TPSA) is 126 Å². The molecule has 1 aliphatic heterocycles. The number of rotatable bonds is 3. The monoisotopic (exact) mass is 357 g/mol. The second-order valence-electron chi connectivity index (χ2n) is 4.44. The molecule has 0 radical (unpaired) electrons. The lowest BCUT2D eigenvalue weighted by atomic mass is 10.3. The molecule has 2 rings (SSSR count). The third-order valence-corrected chi connectivity index (χ3v) is 4.94. The largest absolute Gasteiger partial charge is 0.473 e. The Balaban J connectivity index is 2.37. The zero-order valence-corrected chi connectivity index (χ0v) is 13.6. The highest BCUT2D eigenvalue weighted by molar-refractivity contribution is 8.08. The number of carbonyl (C=O) groups excluding carboxylic acids is 2. The number of hydrogen-bond donors (Lipinski definition) is 0. The van der Waals surface area contributed by atoms with E-state index in [0.29, 0.717) is 0 Å². The molecule has 1 aromatic carbocycles. The Kier molecular flexibility index (Phi) is 5.23. The van der Waals surface area contributed by atoms with Crippen molar-refractivity contribution in [2.75, 3.05) is 13.3 Å². The maximum Gasteiger partial charge on any atom is 0.473 e. The molecule has 1 fully saturated rings. The van der Waals surface area contributed by atoms with Crippen molar-refractivity contribution in [1.82, 2.24) is 4.90 Å². The number of hydrogen-bond acceptors (Lipinski definition) is 6. The normalized spacial score (nSPS) is 17.5. The third kappa shape index (κ3) is 3.30. The van der Waals surface area contributed by atoms with Crippen LogP contribution >= 0.6 is 9.47 Å². The summed E-state index contributed by atoms with van der Waals surface area (Å²) in [5.74, 6) is -1.90. The van der Waals surface area contributed by atoms with Gasteiger partial charge in [-0.2, -0.15) is 0 Å². The van der Waals surface area contributed by atoms with Crippen LogP contribution in [0.1, 0.15) is 0 Å². The van der Waals surface area contributed by atoms with Crippen LogP contribution in [0.25, 0.3) is 5.53 Å². The van der Waals surface area contributed by atoms with E-state index < -0.39 is 39.5 Å². The van der Waals surface area contributed by atoms with Gasteiger partial charge < -0.3 is 14.8 Å². The van der Waals surface area contributed by atoms with Crippen molar-refractivity contribution in [3.8, 4) is 0 Å². The van der Waals surface area contributed by atoms with E-state index in [9.17, 15) is 18.0 Å². The summed E-state index contributed by atoms with van der Waals surface area (Å²) < 4.78 is 34.3. The standard InChI is InChI=1S/C12H12N3O6PS/c13-14-10(23(18,19)8-4-2-1-3-5-8)11(16)15-7-20-12(17)9(15)6-21-22/h1-5,9H,6-7,22H2. The lowest BCUT2D eigenvalue weighted by molar-refractivity contribution is -0.139. The van der Waals surface area contributed by atoms with Crippen molar-refractivity contribution in [3.05, 3.63) is 35.9 Å². The Hall–Kier alpha value is -2.12. The van der Waals surface area contributed by atoms with Gasteiger partial charge >= 0.3 is 16.9 Å². The molecule has 1 aliphatic rings. The van der Waals surface area contributed by atoms with Crippen molar-refractivity contribution in [1.29, 1.82) is 0 Å². The van der Waals surface area contributed by atoms with E-state index >= 15 is 0 Å². The summed E-state index contributed by atoms with van der Waals surface area (Å²) in [4.78, 5) is 27.2. The highest BCUT2D eigenvalue weighted by Crippen LogP contribution is 2.17. The second-order valence-corrected chi connectivity index (χ2v) is 6.64. The Morgan fingerprint density at radius 2 is 2.09 bits per heavy atom. The molecule has 0 aliphatic carbocycles. The van der Waals surface area contributed by atoms with Crippen LogP contribution in [0.3, 0.4) is 0 Å². The second kappa shape index (κ2) is 6.97. The van der Waals surface area contributed by atoms with Crippen LogP contribution < -0.4 is 0 Å². The van der Waals surface area contributed by atoms with E-state index in [2.05, 4.69) is 4.79 Å². The van der Waals surface area contributed by atoms with Crippen LogP contribution in [-0.4, -0.2) is 54.4 Å². The summed E-state index contributed by atoms with van der Waals surface area (Å²) in [6.07, 6.45) is 0. The molecule has 0 spiro atoms. The molecule has 9 nitrogen and oxygen atoms in total. The Labute approximate surface area is 134 Å². The van der Waals surface area contributed by atoms with Crippen molar-refractivity contribution in [2.45, 2.75) is 10.9 Å². The zero-order valence-electron chi connectivity index (χ0n) is 11.7. The first-order valence-electron chi connectivity index (χ1n) is 6.25. The predicted octanol–water partition coefficient (Wildman–Crippen LogP) is -0.393. The molecular formula is C12H12N3O6PS. The number of esters is 1. The van der Waals surface area contributed by atoms with Crippen LogP contribution in [0.5, 0.6) is 0 Å². The van der Waals surface area contributed by atoms with Crippen LogP contribution in [-0.2, 0) is 28.7 Å². The molecule has 0 N–H and O–H groups in total. The molecule has 1 amide bonds. The maximum atomic E-state index is 12.4. The molecule has 1 heterocycles. The van der Waals surface area contributed by atoms with E-state index in [1.807, 2.05) is 9.47 Å². The van der Waals surface area contributed by atoms with Crippen molar-refractivity contribution in [2.24, 2.45) is 0 Å². The van der Waals surface area contributed by atoms with Gasteiger partial charge in [0.2, 0.25) is 0 Å². The van der Waals surface area contributed by atoms with Crippen LogP contribution in [0, 0.1) is 0 Å². The van der Waals surface area contributed by atoms with Gasteiger partial charge in [-0.15, -0.1) is 4.79 Å². The van der Waals surface area contributed by atoms with Gasteiger partial charge in [0.25, 0.3) is 9.84 Å². The maximum absolute atomic E-state index is 12.4. The zero-order chi connectivity index (χ0) is 17.0. The number of carbonyl (C=O) groups is 2. The van der Waals surface area contributed by atoms with E-state index in [1.54, 1.807) is 6.07 Å². The molecule has 0 saturated carbocycles. The molecular weight excluding hydrogens is 345 g/mol. The first-order valence-corrected chi connectivity index (χ1v) is 8.20. The predicted molar refractivity (Wildman–Crippen MR) is 79.5 cm³/mol. The first-order chi connectivity index (χ1) is 10.9. The third-order valence-electron chi connectivity index (χ3n) is 3.09. The van der Waals surface area contributed by atoms with E-state index in [0.717, 1.165) is 4.90 Å². The van der Waals surface area contributed by atoms with Crippen LogP contribution in [0.2, 0.25) is 0 Å². The summed E-state index contributed by atoms with van der Waals surface area (Å²) >= 11 is 0. The average molecular weight is 357 g/mol. The highest BCUT2D eigenvalue weighted by atomic mass is 32.2. The molecule has 1 saturated heterocycles. The van der Waals surface area contributed by atoms with Gasteiger partial charge in [-0.25, -0.2) is 13.2 Å². The lowest BCUT2D eigenvalue weighted by Crippen LogP contribution is -2.46. The molecule has 23 heavy (non-hydrogen) atoms. The van der Waals surface area contributed by atoms with E-state index in [1.165, 1.54) is 24.3 Å². The Morgan fingerprint density at radius 1 is 1.43 bits per heavy atom. The number of sulfone groups is 1. The molecule has 2 unspecified atom stereocenters. The fourth-order valence-electron chi connectivity index (χ4n) is 1.94. The molecule has 2 atom stereocenters. The molecule has 11 heteroatoms. The van der Waals surface area contributed by atoms with Gasteiger partial charge in [-0.3, -0.25) is 9.69 Å². The van der Waals surface area contributed by atoms with Gasteiger partial charge in [-0.05, 0) is 12.1 Å². The molecule has 1 aromatic rings. The van der Waals surface area contributed by atoms with Crippen LogP contribution in [0.15, 0.2) is 35.2 Å². The van der Waals surface area contributed by atoms with Gasteiger partial charge in [0, 0.05) is 9.47 Å². The first kappa shape index (κ1) is 17.2. The summed E-state index contributed by atoms with van der Waals surface area (Å²) in [5, 5.41) is -1.10.